The molecular formula is C17H16O5S. The zero-order valence-corrected chi connectivity index (χ0v) is 13.2. The highest BCUT2D eigenvalue weighted by Gasteiger charge is 2.79. The molecule has 1 unspecified atom stereocenters. The van der Waals surface area contributed by atoms with Crippen LogP contribution < -0.4 is 0 Å². The lowest BCUT2D eigenvalue weighted by atomic mass is 10.1. The average Bonchev–Trinajstić information content (AvgIpc) is 3.25. The van der Waals surface area contributed by atoms with Crippen molar-refractivity contribution in [3.05, 3.63) is 65.7 Å². The zero-order chi connectivity index (χ0) is 16.2. The molecule has 0 aliphatic carbocycles. The smallest absolute Gasteiger partial charge is 0.235 e. The molecule has 2 fully saturated rings. The maximum absolute atomic E-state index is 13.1. The van der Waals surface area contributed by atoms with E-state index < -0.39 is 33.3 Å². The van der Waals surface area contributed by atoms with Crippen molar-refractivity contribution in [3.63, 3.8) is 0 Å². The summed E-state index contributed by atoms with van der Waals surface area (Å²) in [6, 6.07) is 15.6. The molecule has 0 amide bonds. The Balaban J connectivity index is 1.81. The van der Waals surface area contributed by atoms with Crippen LogP contribution in [-0.2, 0) is 19.3 Å². The van der Waals surface area contributed by atoms with Crippen LogP contribution in [0, 0.1) is 6.92 Å². The van der Waals surface area contributed by atoms with Crippen molar-refractivity contribution >= 4 is 9.84 Å². The fraction of sp³-hybridized carbons (Fsp3) is 0.294. The highest BCUT2D eigenvalue weighted by molar-refractivity contribution is 7.93. The maximum atomic E-state index is 13.1. The predicted molar refractivity (Wildman–Crippen MR) is 82.2 cm³/mol. The van der Waals surface area contributed by atoms with Crippen LogP contribution in [0.3, 0.4) is 0 Å². The molecule has 6 heteroatoms. The van der Waals surface area contributed by atoms with Gasteiger partial charge in [0.15, 0.2) is 12.4 Å². The number of aliphatic hydroxyl groups excluding tert-OH is 1. The lowest BCUT2D eigenvalue weighted by molar-refractivity contribution is -0.145. The number of aliphatic hydroxyl groups is 1. The van der Waals surface area contributed by atoms with Crippen LogP contribution in [0.25, 0.3) is 0 Å². The molecular weight excluding hydrogens is 316 g/mol. The molecule has 4 atom stereocenters. The van der Waals surface area contributed by atoms with Gasteiger partial charge in [0.05, 0.1) is 4.90 Å². The lowest BCUT2D eigenvalue weighted by Gasteiger charge is -2.21. The van der Waals surface area contributed by atoms with Crippen LogP contribution in [-0.4, -0.2) is 30.9 Å². The van der Waals surface area contributed by atoms with Gasteiger partial charge in [-0.1, -0.05) is 48.0 Å². The number of epoxide rings is 1. The second-order valence-electron chi connectivity index (χ2n) is 5.89. The second-order valence-corrected chi connectivity index (χ2v) is 8.01. The minimum absolute atomic E-state index is 0.171. The first-order valence-electron chi connectivity index (χ1n) is 7.34. The van der Waals surface area contributed by atoms with E-state index in [1.54, 1.807) is 48.5 Å². The van der Waals surface area contributed by atoms with E-state index in [0.717, 1.165) is 5.56 Å². The number of ether oxygens (including phenoxy) is 2. The Labute approximate surface area is 134 Å². The van der Waals surface area contributed by atoms with Crippen molar-refractivity contribution in [2.75, 3.05) is 0 Å². The van der Waals surface area contributed by atoms with Gasteiger partial charge in [0, 0.05) is 0 Å². The largest absolute Gasteiger partial charge is 0.366 e. The highest BCUT2D eigenvalue weighted by atomic mass is 32.2. The number of hydrogen-bond acceptors (Lipinski definition) is 5. The molecule has 0 bridgehead atoms. The molecule has 4 rings (SSSR count). The molecule has 120 valence electrons. The van der Waals surface area contributed by atoms with E-state index in [4.69, 9.17) is 9.47 Å². The molecule has 1 N–H and O–H groups in total. The summed E-state index contributed by atoms with van der Waals surface area (Å²) in [5.41, 5.74) is 1.64. The van der Waals surface area contributed by atoms with Crippen molar-refractivity contribution in [2.45, 2.75) is 35.3 Å². The molecule has 2 saturated heterocycles. The van der Waals surface area contributed by atoms with Gasteiger partial charge in [0.25, 0.3) is 0 Å². The van der Waals surface area contributed by atoms with Gasteiger partial charge < -0.3 is 14.6 Å². The van der Waals surface area contributed by atoms with Crippen LogP contribution in [0.15, 0.2) is 59.5 Å². The highest BCUT2D eigenvalue weighted by Crippen LogP contribution is 2.61. The first-order valence-corrected chi connectivity index (χ1v) is 8.83. The standard InChI is InChI=1S/C17H16O5S/c1-11-7-9-13(10-8-11)23(19,20)17-14(12-5-3-2-4-6-12)21-16(18)15(17)22-17/h2-10,14-16,18H,1H3/t14-,15+,16?,17+/m1/s1. The summed E-state index contributed by atoms with van der Waals surface area (Å²) in [6.07, 6.45) is -2.96. The minimum Gasteiger partial charge on any atom is -0.366 e. The Kier molecular flexibility index (Phi) is 3.15. The SMILES string of the molecule is Cc1ccc(S(=O)(=O)[C@]23O[C@H]2C(O)O[C@@H]3c2ccccc2)cc1. The van der Waals surface area contributed by atoms with Crippen molar-refractivity contribution in [3.8, 4) is 0 Å². The topological polar surface area (TPSA) is 76.1 Å². The van der Waals surface area contributed by atoms with Crippen molar-refractivity contribution in [2.24, 2.45) is 0 Å². The van der Waals surface area contributed by atoms with Crippen LogP contribution in [0.2, 0.25) is 0 Å². The number of aryl methyl sites for hydroxylation is 1. The number of benzene rings is 2. The van der Waals surface area contributed by atoms with Gasteiger partial charge in [0.1, 0.15) is 6.10 Å². The fourth-order valence-electron chi connectivity index (χ4n) is 3.14. The van der Waals surface area contributed by atoms with Crippen molar-refractivity contribution in [1.29, 1.82) is 0 Å². The number of sulfone groups is 1. The summed E-state index contributed by atoms with van der Waals surface area (Å²) in [6.45, 7) is 1.89. The van der Waals surface area contributed by atoms with E-state index in [9.17, 15) is 13.5 Å². The Morgan fingerprint density at radius 1 is 1.04 bits per heavy atom. The molecule has 23 heavy (non-hydrogen) atoms. The minimum atomic E-state index is -3.82. The molecule has 0 spiro atoms. The normalized spacial score (nSPS) is 32.5. The third-order valence-corrected chi connectivity index (χ3v) is 6.68. The van der Waals surface area contributed by atoms with Gasteiger partial charge in [-0.3, -0.25) is 0 Å². The molecule has 0 saturated carbocycles. The summed E-state index contributed by atoms with van der Waals surface area (Å²) < 4.78 is 37.2. The number of rotatable bonds is 3. The number of hydrogen-bond donors (Lipinski definition) is 1. The van der Waals surface area contributed by atoms with Gasteiger partial charge >= 0.3 is 0 Å². The molecule has 2 aliphatic rings. The van der Waals surface area contributed by atoms with Crippen LogP contribution >= 0.6 is 0 Å². The van der Waals surface area contributed by atoms with Gasteiger partial charge in [-0.25, -0.2) is 8.42 Å². The van der Waals surface area contributed by atoms with E-state index in [-0.39, 0.29) is 4.90 Å². The molecule has 2 aromatic rings. The zero-order valence-electron chi connectivity index (χ0n) is 12.4. The predicted octanol–water partition coefficient (Wildman–Crippen LogP) is 1.95. The maximum Gasteiger partial charge on any atom is 0.235 e. The Bertz CT molecular complexity index is 831. The van der Waals surface area contributed by atoms with E-state index in [1.165, 1.54) is 0 Å². The monoisotopic (exact) mass is 332 g/mol. The third kappa shape index (κ3) is 1.99. The Morgan fingerprint density at radius 2 is 1.70 bits per heavy atom. The van der Waals surface area contributed by atoms with Crippen molar-refractivity contribution < 1.29 is 23.0 Å². The second kappa shape index (κ2) is 4.88. The first-order chi connectivity index (χ1) is 11.0. The summed E-state index contributed by atoms with van der Waals surface area (Å²) in [5.74, 6) is 0. The summed E-state index contributed by atoms with van der Waals surface area (Å²) in [4.78, 5) is -1.38. The van der Waals surface area contributed by atoms with E-state index in [2.05, 4.69) is 0 Å². The van der Waals surface area contributed by atoms with Gasteiger partial charge in [0.2, 0.25) is 14.8 Å². The van der Waals surface area contributed by atoms with E-state index >= 15 is 0 Å². The number of fused-ring (bicyclic) bond motifs is 1. The van der Waals surface area contributed by atoms with E-state index in [0.29, 0.717) is 5.56 Å². The average molecular weight is 332 g/mol. The van der Waals surface area contributed by atoms with Crippen LogP contribution in [0.1, 0.15) is 17.2 Å². The molecule has 5 nitrogen and oxygen atoms in total. The quantitative estimate of drug-likeness (QED) is 0.870. The van der Waals surface area contributed by atoms with Gasteiger partial charge in [-0.05, 0) is 24.6 Å². The van der Waals surface area contributed by atoms with E-state index in [1.807, 2.05) is 13.0 Å². The summed E-state index contributed by atoms with van der Waals surface area (Å²) in [7, 11) is -3.82. The molecule has 0 radical (unpaired) electrons. The molecule has 2 aliphatic heterocycles. The molecule has 2 aromatic carbocycles. The van der Waals surface area contributed by atoms with Crippen LogP contribution in [0.5, 0.6) is 0 Å². The summed E-state index contributed by atoms with van der Waals surface area (Å²) >= 11 is 0. The van der Waals surface area contributed by atoms with Crippen LogP contribution in [0.4, 0.5) is 0 Å². The molecule has 0 aromatic heterocycles. The van der Waals surface area contributed by atoms with Gasteiger partial charge in [-0.2, -0.15) is 0 Å². The Hall–Kier alpha value is -1.73. The summed E-state index contributed by atoms with van der Waals surface area (Å²) in [5, 5.41) is 9.98. The Morgan fingerprint density at radius 3 is 2.30 bits per heavy atom. The third-order valence-electron chi connectivity index (χ3n) is 4.40. The molecule has 2 heterocycles. The lowest BCUT2D eigenvalue weighted by Crippen LogP contribution is -2.31. The van der Waals surface area contributed by atoms with Gasteiger partial charge in [-0.15, -0.1) is 0 Å². The fourth-order valence-corrected chi connectivity index (χ4v) is 5.12. The first kappa shape index (κ1) is 14.8. The van der Waals surface area contributed by atoms with Crippen molar-refractivity contribution in [1.82, 2.24) is 0 Å².